The van der Waals surface area contributed by atoms with Crippen LogP contribution < -0.4 is 19.7 Å². The number of nitrogens with zero attached hydrogens (tertiary/aromatic N) is 4. The van der Waals surface area contributed by atoms with Gasteiger partial charge in [0.1, 0.15) is 5.65 Å². The molecule has 1 aliphatic heterocycles. The number of fused-ring (bicyclic) bond motifs is 3. The Kier molecular flexibility index (Phi) is 4.79. The molecule has 0 atom stereocenters. The molecule has 0 saturated heterocycles. The topological polar surface area (TPSA) is 96.4 Å². The van der Waals surface area contributed by atoms with Gasteiger partial charge in [0, 0.05) is 29.8 Å². The first-order valence-corrected chi connectivity index (χ1v) is 9.08. The van der Waals surface area contributed by atoms with E-state index in [-0.39, 0.29) is 11.5 Å². The molecule has 3 aromatic rings. The highest BCUT2D eigenvalue weighted by Gasteiger charge is 2.20. The second-order valence-electron chi connectivity index (χ2n) is 6.51. The predicted molar refractivity (Wildman–Crippen MR) is 103 cm³/mol. The number of amides is 1. The third-order valence-corrected chi connectivity index (χ3v) is 4.85. The van der Waals surface area contributed by atoms with E-state index in [0.29, 0.717) is 34.8 Å². The molecule has 9 nitrogen and oxygen atoms in total. The van der Waals surface area contributed by atoms with Gasteiger partial charge in [-0.05, 0) is 25.0 Å². The van der Waals surface area contributed by atoms with Crippen LogP contribution >= 0.6 is 0 Å². The zero-order chi connectivity index (χ0) is 20.5. The van der Waals surface area contributed by atoms with Crippen LogP contribution in [0.3, 0.4) is 0 Å². The highest BCUT2D eigenvalue weighted by Crippen LogP contribution is 2.38. The quantitative estimate of drug-likeness (QED) is 0.668. The molecule has 29 heavy (non-hydrogen) atoms. The van der Waals surface area contributed by atoms with Gasteiger partial charge in [0.15, 0.2) is 17.0 Å². The molecule has 0 N–H and O–H groups in total. The molecule has 150 valence electrons. The smallest absolute Gasteiger partial charge is 0.279 e. The lowest BCUT2D eigenvalue weighted by atomic mass is 10.1. The summed E-state index contributed by atoms with van der Waals surface area (Å²) in [6.07, 6.45) is 3.56. The maximum Gasteiger partial charge on any atom is 0.279 e. The number of carbonyl (C=O) groups is 2. The van der Waals surface area contributed by atoms with E-state index in [1.165, 1.54) is 25.8 Å². The van der Waals surface area contributed by atoms with Crippen molar-refractivity contribution in [1.82, 2.24) is 14.2 Å². The zero-order valence-corrected chi connectivity index (χ0v) is 16.3. The fourth-order valence-electron chi connectivity index (χ4n) is 3.52. The number of aromatic nitrogens is 3. The molecule has 0 aliphatic carbocycles. The number of carbonyl (C=O) groups excluding carboxylic acids is 2. The highest BCUT2D eigenvalue weighted by atomic mass is 16.5. The summed E-state index contributed by atoms with van der Waals surface area (Å²) in [4.78, 5) is 29.5. The van der Waals surface area contributed by atoms with Crippen LogP contribution in [0.15, 0.2) is 35.5 Å². The SMILES string of the molecule is COc1cc(C(=O)N=c2cc3n(c4ccnn24)C(=O)CCC3)cc(OC)c1OC. The first-order chi connectivity index (χ1) is 14.1. The van der Waals surface area contributed by atoms with E-state index in [2.05, 4.69) is 10.1 Å². The van der Waals surface area contributed by atoms with E-state index in [0.717, 1.165) is 18.5 Å². The Morgan fingerprint density at radius 1 is 1.07 bits per heavy atom. The van der Waals surface area contributed by atoms with Gasteiger partial charge in [-0.3, -0.25) is 14.2 Å². The standard InChI is InChI=1S/C20H20N4O5/c1-27-14-9-12(10-15(28-2)19(14)29-3)20(26)22-16-11-13-5-4-6-18(25)23(13)17-7-8-21-24(16)17/h7-11H,4-6H2,1-3H3. The van der Waals surface area contributed by atoms with Gasteiger partial charge >= 0.3 is 0 Å². The average Bonchev–Trinajstić information content (AvgIpc) is 3.22. The lowest BCUT2D eigenvalue weighted by molar-refractivity contribution is 0.0886. The van der Waals surface area contributed by atoms with Crippen LogP contribution in [0.25, 0.3) is 5.65 Å². The summed E-state index contributed by atoms with van der Waals surface area (Å²) < 4.78 is 19.0. The molecular weight excluding hydrogens is 376 g/mol. The second-order valence-corrected chi connectivity index (χ2v) is 6.51. The van der Waals surface area contributed by atoms with Crippen molar-refractivity contribution in [3.8, 4) is 17.2 Å². The Balaban J connectivity index is 1.86. The fraction of sp³-hybridized carbons (Fsp3) is 0.300. The van der Waals surface area contributed by atoms with Gasteiger partial charge in [0.2, 0.25) is 11.7 Å². The average molecular weight is 396 g/mol. The minimum Gasteiger partial charge on any atom is -0.493 e. The van der Waals surface area contributed by atoms with Gasteiger partial charge in [-0.1, -0.05) is 0 Å². The summed E-state index contributed by atoms with van der Waals surface area (Å²) in [6.45, 7) is 0. The van der Waals surface area contributed by atoms with Crippen LogP contribution in [0.5, 0.6) is 17.2 Å². The van der Waals surface area contributed by atoms with Gasteiger partial charge in [0.05, 0.1) is 27.5 Å². The molecule has 3 heterocycles. The Bertz CT molecular complexity index is 1170. The maximum atomic E-state index is 12.9. The Labute approximate surface area is 166 Å². The number of hydrogen-bond acceptors (Lipinski definition) is 6. The monoisotopic (exact) mass is 396 g/mol. The van der Waals surface area contributed by atoms with Gasteiger partial charge in [-0.25, -0.2) is 0 Å². The number of ether oxygens (including phenoxy) is 3. The minimum atomic E-state index is -0.492. The van der Waals surface area contributed by atoms with Crippen molar-refractivity contribution in [2.75, 3.05) is 21.3 Å². The minimum absolute atomic E-state index is 0.0132. The Morgan fingerprint density at radius 3 is 2.45 bits per heavy atom. The van der Waals surface area contributed by atoms with E-state index in [1.54, 1.807) is 35.0 Å². The van der Waals surface area contributed by atoms with Crippen LogP contribution in [0.4, 0.5) is 0 Å². The fourth-order valence-corrected chi connectivity index (χ4v) is 3.52. The number of hydrogen-bond donors (Lipinski definition) is 0. The number of aryl methyl sites for hydroxylation is 1. The van der Waals surface area contributed by atoms with Crippen LogP contribution in [-0.2, 0) is 6.42 Å². The van der Waals surface area contributed by atoms with E-state index >= 15 is 0 Å². The molecule has 0 saturated carbocycles. The summed E-state index contributed by atoms with van der Waals surface area (Å²) in [6, 6.07) is 6.55. The molecule has 9 heteroatoms. The Morgan fingerprint density at radius 2 is 1.79 bits per heavy atom. The van der Waals surface area contributed by atoms with Gasteiger partial charge < -0.3 is 14.2 Å². The third-order valence-electron chi connectivity index (χ3n) is 4.85. The Hall–Kier alpha value is -3.62. The van der Waals surface area contributed by atoms with Crippen LogP contribution in [0.1, 0.15) is 33.7 Å². The van der Waals surface area contributed by atoms with E-state index in [4.69, 9.17) is 14.2 Å². The van der Waals surface area contributed by atoms with Crippen molar-refractivity contribution in [2.24, 2.45) is 4.99 Å². The summed E-state index contributed by atoms with van der Waals surface area (Å²) in [5.41, 5.74) is 2.03. The highest BCUT2D eigenvalue weighted by molar-refractivity contribution is 5.96. The molecule has 1 aliphatic rings. The molecule has 0 unspecified atom stereocenters. The largest absolute Gasteiger partial charge is 0.493 e. The van der Waals surface area contributed by atoms with E-state index < -0.39 is 5.91 Å². The lowest BCUT2D eigenvalue weighted by Crippen LogP contribution is -2.29. The molecule has 2 aromatic heterocycles. The molecule has 1 aromatic carbocycles. The van der Waals surface area contributed by atoms with Crippen LogP contribution in [0, 0.1) is 0 Å². The number of methoxy groups -OCH3 is 3. The molecule has 0 bridgehead atoms. The van der Waals surface area contributed by atoms with Gasteiger partial charge in [0.25, 0.3) is 5.91 Å². The molecule has 4 rings (SSSR count). The first kappa shape index (κ1) is 18.7. The third kappa shape index (κ3) is 3.14. The normalized spacial score (nSPS) is 14.0. The van der Waals surface area contributed by atoms with Crippen molar-refractivity contribution >= 4 is 17.5 Å². The number of rotatable bonds is 4. The lowest BCUT2D eigenvalue weighted by Gasteiger charge is -2.18. The molecule has 0 radical (unpaired) electrons. The summed E-state index contributed by atoms with van der Waals surface area (Å²) in [5.74, 6) is 0.638. The first-order valence-electron chi connectivity index (χ1n) is 9.08. The zero-order valence-electron chi connectivity index (χ0n) is 16.3. The van der Waals surface area contributed by atoms with Crippen molar-refractivity contribution in [3.63, 3.8) is 0 Å². The van der Waals surface area contributed by atoms with E-state index in [9.17, 15) is 9.59 Å². The van der Waals surface area contributed by atoms with Crippen LogP contribution in [0.2, 0.25) is 0 Å². The summed E-state index contributed by atoms with van der Waals surface area (Å²) in [7, 11) is 4.45. The van der Waals surface area contributed by atoms with Crippen molar-refractivity contribution in [2.45, 2.75) is 19.3 Å². The van der Waals surface area contributed by atoms with Gasteiger partial charge in [-0.15, -0.1) is 0 Å². The van der Waals surface area contributed by atoms with Crippen molar-refractivity contribution in [3.05, 3.63) is 47.2 Å². The molecular formula is C20H20N4O5. The van der Waals surface area contributed by atoms with Crippen molar-refractivity contribution < 1.29 is 23.8 Å². The van der Waals surface area contributed by atoms with Gasteiger partial charge in [-0.2, -0.15) is 14.6 Å². The van der Waals surface area contributed by atoms with E-state index in [1.807, 2.05) is 0 Å². The summed E-state index contributed by atoms with van der Waals surface area (Å²) >= 11 is 0. The summed E-state index contributed by atoms with van der Waals surface area (Å²) in [5, 5.41) is 4.23. The molecule has 0 spiro atoms. The molecule has 0 fully saturated rings. The number of benzene rings is 1. The second kappa shape index (κ2) is 7.42. The van der Waals surface area contributed by atoms with Crippen molar-refractivity contribution in [1.29, 1.82) is 0 Å². The molecule has 1 amide bonds. The maximum absolute atomic E-state index is 12.9. The van der Waals surface area contributed by atoms with Crippen LogP contribution in [-0.4, -0.2) is 47.3 Å². The predicted octanol–water partition coefficient (Wildman–Crippen LogP) is 1.88.